The number of carbonyl (C=O) groups is 1. The summed E-state index contributed by atoms with van der Waals surface area (Å²) in [5, 5.41) is 19.2. The number of hydrogen-bond donors (Lipinski definition) is 1. The largest absolute Gasteiger partial charge is 0.478 e. The van der Waals surface area contributed by atoms with E-state index in [1.165, 1.54) is 0 Å². The number of fused-ring (bicyclic) bond motifs is 1. The van der Waals surface area contributed by atoms with Gasteiger partial charge >= 0.3 is 5.97 Å². The van der Waals surface area contributed by atoms with Crippen LogP contribution in [0.1, 0.15) is 35.4 Å². The Kier molecular flexibility index (Phi) is 7.56. The number of rotatable bonds is 9. The summed E-state index contributed by atoms with van der Waals surface area (Å²) < 4.78 is 19.2. The lowest BCUT2D eigenvalue weighted by Crippen LogP contribution is -2.46. The number of pyridine rings is 1. The quantitative estimate of drug-likeness (QED) is 0.428. The number of piperazine rings is 1. The molecule has 3 fully saturated rings. The van der Waals surface area contributed by atoms with Gasteiger partial charge < -0.3 is 28.8 Å². The minimum Gasteiger partial charge on any atom is -0.478 e. The average Bonchev–Trinajstić information content (AvgIpc) is 3.30. The fraction of sp³-hybridized carbons (Fsp3) is 0.517. The Labute approximate surface area is 232 Å². The van der Waals surface area contributed by atoms with Gasteiger partial charge in [0.15, 0.2) is 0 Å². The molecular formula is C29H34N6O5. The zero-order chi connectivity index (χ0) is 27.5. The molecule has 0 spiro atoms. The summed E-state index contributed by atoms with van der Waals surface area (Å²) in [7, 11) is 0. The summed E-state index contributed by atoms with van der Waals surface area (Å²) in [4.78, 5) is 25.8. The molecule has 0 aliphatic carbocycles. The molecule has 5 heterocycles. The molecular weight excluding hydrogens is 512 g/mol. The van der Waals surface area contributed by atoms with Crippen molar-refractivity contribution in [3.63, 3.8) is 0 Å². The van der Waals surface area contributed by atoms with Crippen LogP contribution in [-0.2, 0) is 22.6 Å². The Morgan fingerprint density at radius 3 is 2.62 bits per heavy atom. The van der Waals surface area contributed by atoms with Gasteiger partial charge in [-0.05, 0) is 43.5 Å². The predicted octanol–water partition coefficient (Wildman–Crippen LogP) is 2.94. The molecule has 0 saturated carbocycles. The molecule has 40 heavy (non-hydrogen) atoms. The lowest BCUT2D eigenvalue weighted by atomic mass is 9.83. The number of nitrogens with zero attached hydrogens (tertiary/aromatic N) is 6. The summed E-state index contributed by atoms with van der Waals surface area (Å²) in [6.07, 6.45) is 2.48. The monoisotopic (exact) mass is 546 g/mol. The van der Waals surface area contributed by atoms with Crippen molar-refractivity contribution in [3.05, 3.63) is 47.8 Å². The van der Waals surface area contributed by atoms with Gasteiger partial charge in [0.25, 0.3) is 0 Å². The fourth-order valence-corrected chi connectivity index (χ4v) is 5.52. The minimum atomic E-state index is -0.941. The predicted molar refractivity (Wildman–Crippen MR) is 146 cm³/mol. The van der Waals surface area contributed by atoms with Crippen molar-refractivity contribution in [2.75, 3.05) is 57.5 Å². The molecule has 11 heteroatoms. The smallest absolute Gasteiger partial charge is 0.335 e. The first-order valence-electron chi connectivity index (χ1n) is 13.9. The number of aromatic nitrogens is 3. The maximum Gasteiger partial charge on any atom is 0.335 e. The summed E-state index contributed by atoms with van der Waals surface area (Å²) >= 11 is 0. The summed E-state index contributed by atoms with van der Waals surface area (Å²) in [5.41, 5.74) is 1.39. The third kappa shape index (κ3) is 5.61. The van der Waals surface area contributed by atoms with Crippen LogP contribution in [0.2, 0.25) is 0 Å². The molecule has 11 nitrogen and oxygen atoms in total. The number of nitriles is 1. The van der Waals surface area contributed by atoms with Crippen molar-refractivity contribution in [2.24, 2.45) is 5.41 Å². The normalized spacial score (nSPS) is 21.1. The number of carboxylic acids is 1. The first-order chi connectivity index (χ1) is 19.5. The number of anilines is 1. The highest BCUT2D eigenvalue weighted by Gasteiger charge is 2.34. The van der Waals surface area contributed by atoms with Crippen LogP contribution in [0.5, 0.6) is 5.88 Å². The third-order valence-electron chi connectivity index (χ3n) is 8.21. The van der Waals surface area contributed by atoms with Crippen LogP contribution in [0.25, 0.3) is 11.0 Å². The Morgan fingerprint density at radius 2 is 1.93 bits per heavy atom. The molecule has 3 saturated heterocycles. The maximum atomic E-state index is 11.6. The van der Waals surface area contributed by atoms with E-state index in [0.29, 0.717) is 51.6 Å². The van der Waals surface area contributed by atoms with Crippen LogP contribution in [-0.4, -0.2) is 89.2 Å². The van der Waals surface area contributed by atoms with Crippen molar-refractivity contribution in [2.45, 2.75) is 38.5 Å². The van der Waals surface area contributed by atoms with E-state index in [9.17, 15) is 15.2 Å². The number of aromatic carboxylic acids is 1. The number of carboxylic acid groups (broad SMARTS) is 1. The van der Waals surface area contributed by atoms with Gasteiger partial charge in [-0.15, -0.1) is 0 Å². The third-order valence-corrected chi connectivity index (χ3v) is 8.21. The molecule has 1 atom stereocenters. The van der Waals surface area contributed by atoms with Crippen LogP contribution in [0, 0.1) is 16.7 Å². The Morgan fingerprint density at radius 1 is 1.12 bits per heavy atom. The van der Waals surface area contributed by atoms with Crippen LogP contribution < -0.4 is 9.64 Å². The van der Waals surface area contributed by atoms with Crippen LogP contribution in [0.3, 0.4) is 0 Å². The highest BCUT2D eigenvalue weighted by molar-refractivity contribution is 5.92. The Bertz CT molecular complexity index is 1400. The van der Waals surface area contributed by atoms with E-state index in [-0.39, 0.29) is 11.7 Å². The van der Waals surface area contributed by atoms with Crippen molar-refractivity contribution >= 4 is 22.8 Å². The number of imidazole rings is 1. The zero-order valence-corrected chi connectivity index (χ0v) is 22.5. The summed E-state index contributed by atoms with van der Waals surface area (Å²) in [6, 6.07) is 13.3. The van der Waals surface area contributed by atoms with E-state index in [2.05, 4.69) is 20.4 Å². The number of benzene rings is 1. The Hall–Kier alpha value is -3.72. The lowest BCUT2D eigenvalue weighted by molar-refractivity contribution is -0.0592. The topological polar surface area (TPSA) is 126 Å². The second-order valence-corrected chi connectivity index (χ2v) is 10.8. The fourth-order valence-electron chi connectivity index (χ4n) is 5.52. The van der Waals surface area contributed by atoms with Crippen molar-refractivity contribution in [1.82, 2.24) is 19.4 Å². The zero-order valence-electron chi connectivity index (χ0n) is 22.5. The molecule has 3 aromatic rings. The highest BCUT2D eigenvalue weighted by atomic mass is 16.5. The summed E-state index contributed by atoms with van der Waals surface area (Å²) in [5.74, 6) is 1.39. The molecule has 210 valence electrons. The average molecular weight is 547 g/mol. The van der Waals surface area contributed by atoms with Gasteiger partial charge in [0, 0.05) is 52.1 Å². The van der Waals surface area contributed by atoms with Gasteiger partial charge in [0.05, 0.1) is 47.3 Å². The van der Waals surface area contributed by atoms with E-state index in [1.807, 2.05) is 18.2 Å². The van der Waals surface area contributed by atoms with Crippen molar-refractivity contribution in [3.8, 4) is 11.9 Å². The summed E-state index contributed by atoms with van der Waals surface area (Å²) in [6.45, 7) is 6.91. The minimum absolute atomic E-state index is 0.136. The second kappa shape index (κ2) is 11.4. The second-order valence-electron chi connectivity index (χ2n) is 10.8. The standard InChI is InChI=1S/C29H34N6O5/c30-19-29(7-14-38-15-8-29)20-40-27-3-1-2-25(32-27)34-11-9-33(10-12-34)18-26-31-23-5-4-21(28(36)37)16-24(23)35(26)17-22-6-13-39-22/h1-5,16,22H,6-15,17-18,20H2,(H,36,37). The first kappa shape index (κ1) is 26.5. The van der Waals surface area contributed by atoms with E-state index in [1.54, 1.807) is 18.2 Å². The van der Waals surface area contributed by atoms with Crippen molar-refractivity contribution in [1.29, 1.82) is 5.26 Å². The van der Waals surface area contributed by atoms with Crippen LogP contribution in [0.15, 0.2) is 36.4 Å². The molecule has 1 unspecified atom stereocenters. The van der Waals surface area contributed by atoms with Gasteiger partial charge in [-0.1, -0.05) is 6.07 Å². The SMILES string of the molecule is N#CC1(COc2cccc(N3CCN(Cc4nc5ccc(C(=O)O)cc5n4CC4CCO4)CC3)n2)CCOCC1. The molecule has 1 aromatic carbocycles. The molecule has 0 amide bonds. The molecule has 2 aromatic heterocycles. The van der Waals surface area contributed by atoms with Crippen molar-refractivity contribution < 1.29 is 24.1 Å². The molecule has 3 aliphatic heterocycles. The van der Waals surface area contributed by atoms with Gasteiger partial charge in [0.2, 0.25) is 5.88 Å². The van der Waals surface area contributed by atoms with E-state index in [0.717, 1.165) is 61.9 Å². The lowest BCUT2D eigenvalue weighted by Gasteiger charge is -2.35. The maximum absolute atomic E-state index is 11.6. The molecule has 6 rings (SSSR count). The molecule has 0 bridgehead atoms. The van der Waals surface area contributed by atoms with Gasteiger partial charge in [-0.3, -0.25) is 4.90 Å². The van der Waals surface area contributed by atoms with E-state index in [4.69, 9.17) is 24.2 Å². The van der Waals surface area contributed by atoms with Gasteiger partial charge in [-0.2, -0.15) is 10.2 Å². The first-order valence-corrected chi connectivity index (χ1v) is 13.9. The Balaban J connectivity index is 1.10. The molecule has 3 aliphatic rings. The number of hydrogen-bond acceptors (Lipinski definition) is 9. The van der Waals surface area contributed by atoms with Gasteiger partial charge in [-0.25, -0.2) is 9.78 Å². The molecule has 0 radical (unpaired) electrons. The van der Waals surface area contributed by atoms with Gasteiger partial charge in [0.1, 0.15) is 18.2 Å². The highest BCUT2D eigenvalue weighted by Crippen LogP contribution is 2.31. The van der Waals surface area contributed by atoms with E-state index >= 15 is 0 Å². The van der Waals surface area contributed by atoms with E-state index < -0.39 is 11.4 Å². The molecule has 1 N–H and O–H groups in total. The van der Waals surface area contributed by atoms with Crippen LogP contribution in [0.4, 0.5) is 5.82 Å². The number of ether oxygens (including phenoxy) is 3. The van der Waals surface area contributed by atoms with Crippen LogP contribution >= 0.6 is 0 Å².